The zero-order valence-electron chi connectivity index (χ0n) is 13.6. The van der Waals surface area contributed by atoms with E-state index in [0.717, 1.165) is 57.9 Å². The van der Waals surface area contributed by atoms with Crippen molar-refractivity contribution in [1.82, 2.24) is 9.80 Å². The Morgan fingerprint density at radius 3 is 2.30 bits per heavy atom. The number of carboxylic acid groups (broad SMARTS) is 1. The number of methoxy groups -OCH3 is 1. The molecule has 0 unspecified atom stereocenters. The van der Waals surface area contributed by atoms with Gasteiger partial charge in [-0.25, -0.2) is 4.79 Å². The molecule has 0 atom stereocenters. The van der Waals surface area contributed by atoms with Gasteiger partial charge in [0.25, 0.3) is 0 Å². The molecule has 5 N–H and O–H groups in total. The largest absolute Gasteiger partial charge is 0.478 e. The summed E-state index contributed by atoms with van der Waals surface area (Å²) in [6.45, 7) is 6.76. The van der Waals surface area contributed by atoms with E-state index >= 15 is 0 Å². The molecule has 1 saturated heterocycles. The minimum absolute atomic E-state index is 0.0676. The maximum absolute atomic E-state index is 11.0. The van der Waals surface area contributed by atoms with E-state index in [-0.39, 0.29) is 11.3 Å². The average molecular weight is 322 g/mol. The van der Waals surface area contributed by atoms with Crippen molar-refractivity contribution in [3.05, 3.63) is 23.3 Å². The number of nitrogen functional groups attached to an aromatic ring is 2. The molecule has 1 heterocycles. The molecule has 0 spiro atoms. The molecular formula is C16H26N4O3. The van der Waals surface area contributed by atoms with Crippen LogP contribution in [0.15, 0.2) is 12.1 Å². The number of rotatable bonds is 7. The van der Waals surface area contributed by atoms with Crippen molar-refractivity contribution in [2.45, 2.75) is 6.42 Å². The van der Waals surface area contributed by atoms with E-state index in [4.69, 9.17) is 21.3 Å². The molecule has 0 aromatic heterocycles. The van der Waals surface area contributed by atoms with Gasteiger partial charge >= 0.3 is 5.97 Å². The van der Waals surface area contributed by atoms with Crippen molar-refractivity contribution in [3.8, 4) is 0 Å². The lowest BCUT2D eigenvalue weighted by molar-refractivity contribution is 0.0698. The lowest BCUT2D eigenvalue weighted by Gasteiger charge is -2.34. The predicted molar refractivity (Wildman–Crippen MR) is 90.7 cm³/mol. The molecule has 0 amide bonds. The van der Waals surface area contributed by atoms with E-state index in [0.29, 0.717) is 5.69 Å². The monoisotopic (exact) mass is 322 g/mol. The predicted octanol–water partition coefficient (Wildman–Crippen LogP) is 0.356. The maximum atomic E-state index is 11.0. The zero-order chi connectivity index (χ0) is 16.8. The Morgan fingerprint density at radius 2 is 1.74 bits per heavy atom. The van der Waals surface area contributed by atoms with Crippen LogP contribution >= 0.6 is 0 Å². The topological polar surface area (TPSA) is 105 Å². The van der Waals surface area contributed by atoms with Crippen molar-refractivity contribution < 1.29 is 14.6 Å². The highest BCUT2D eigenvalue weighted by molar-refractivity contribution is 5.97. The fourth-order valence-corrected chi connectivity index (χ4v) is 2.82. The Labute approximate surface area is 136 Å². The molecule has 128 valence electrons. The van der Waals surface area contributed by atoms with Crippen LogP contribution in [0, 0.1) is 0 Å². The first-order valence-electron chi connectivity index (χ1n) is 7.86. The van der Waals surface area contributed by atoms with E-state index in [2.05, 4.69) is 9.80 Å². The number of piperazine rings is 1. The highest BCUT2D eigenvalue weighted by atomic mass is 16.5. The van der Waals surface area contributed by atoms with Crippen molar-refractivity contribution in [3.63, 3.8) is 0 Å². The summed E-state index contributed by atoms with van der Waals surface area (Å²) in [4.78, 5) is 15.8. The number of anilines is 2. The summed E-state index contributed by atoms with van der Waals surface area (Å²) in [5.41, 5.74) is 13.3. The fourth-order valence-electron chi connectivity index (χ4n) is 2.82. The van der Waals surface area contributed by atoms with Crippen LogP contribution in [0.5, 0.6) is 0 Å². The third-order valence-corrected chi connectivity index (χ3v) is 4.38. The summed E-state index contributed by atoms with van der Waals surface area (Å²) in [5, 5.41) is 9.04. The van der Waals surface area contributed by atoms with E-state index in [1.165, 1.54) is 6.07 Å². The summed E-state index contributed by atoms with van der Waals surface area (Å²) in [6, 6.07) is 3.30. The molecule has 1 aliphatic heterocycles. The third kappa shape index (κ3) is 4.57. The van der Waals surface area contributed by atoms with E-state index in [9.17, 15) is 4.79 Å². The van der Waals surface area contributed by atoms with Crippen LogP contribution in [0.2, 0.25) is 0 Å². The second-order valence-corrected chi connectivity index (χ2v) is 5.83. The number of hydrogen-bond donors (Lipinski definition) is 3. The van der Waals surface area contributed by atoms with E-state index in [1.807, 2.05) is 0 Å². The number of carboxylic acids is 1. The summed E-state index contributed by atoms with van der Waals surface area (Å²) in [7, 11) is 1.72. The molecule has 1 aromatic carbocycles. The van der Waals surface area contributed by atoms with Crippen LogP contribution in [0.3, 0.4) is 0 Å². The first kappa shape index (κ1) is 17.5. The highest BCUT2D eigenvalue weighted by Crippen LogP contribution is 2.25. The second kappa shape index (κ2) is 8.14. The minimum atomic E-state index is -1.05. The second-order valence-electron chi connectivity index (χ2n) is 5.83. The van der Waals surface area contributed by atoms with Crippen LogP contribution < -0.4 is 11.5 Å². The van der Waals surface area contributed by atoms with Gasteiger partial charge < -0.3 is 26.2 Å². The van der Waals surface area contributed by atoms with E-state index < -0.39 is 5.97 Å². The summed E-state index contributed by atoms with van der Waals surface area (Å²) in [6.07, 6.45) is 0.772. The number of carbonyl (C=O) groups is 1. The van der Waals surface area contributed by atoms with Crippen molar-refractivity contribution in [2.75, 3.05) is 64.5 Å². The molecular weight excluding hydrogens is 296 g/mol. The molecule has 0 bridgehead atoms. The molecule has 0 saturated carbocycles. The van der Waals surface area contributed by atoms with E-state index in [1.54, 1.807) is 13.2 Å². The molecule has 7 heteroatoms. The maximum Gasteiger partial charge on any atom is 0.337 e. The van der Waals surface area contributed by atoms with Crippen molar-refractivity contribution in [2.24, 2.45) is 0 Å². The van der Waals surface area contributed by atoms with Gasteiger partial charge in [-0.15, -0.1) is 0 Å². The first-order chi connectivity index (χ1) is 11.0. The van der Waals surface area contributed by atoms with Crippen LogP contribution in [0.4, 0.5) is 11.4 Å². The third-order valence-electron chi connectivity index (χ3n) is 4.38. The normalized spacial score (nSPS) is 16.6. The first-order valence-corrected chi connectivity index (χ1v) is 7.86. The fraction of sp³-hybridized carbons (Fsp3) is 0.562. The van der Waals surface area contributed by atoms with Gasteiger partial charge in [0.05, 0.1) is 23.5 Å². The van der Waals surface area contributed by atoms with Gasteiger partial charge in [-0.1, -0.05) is 6.07 Å². The van der Waals surface area contributed by atoms with Gasteiger partial charge in [-0.05, 0) is 18.1 Å². The van der Waals surface area contributed by atoms with Crippen LogP contribution in [-0.2, 0) is 11.2 Å². The number of aromatic carboxylic acids is 1. The molecule has 1 aromatic rings. The number of benzene rings is 1. The van der Waals surface area contributed by atoms with Gasteiger partial charge in [0, 0.05) is 46.4 Å². The van der Waals surface area contributed by atoms with Crippen LogP contribution in [-0.4, -0.2) is 73.9 Å². The Bertz CT molecular complexity index is 542. The molecule has 2 rings (SSSR count). The Kier molecular flexibility index (Phi) is 6.20. The standard InChI is InChI=1S/C16H26N4O3/c1-23-11-10-20-8-6-19(7-9-20)5-4-12-2-3-13(16(21)22)15(18)14(12)17/h2-3H,4-11,17-18H2,1H3,(H,21,22). The van der Waals surface area contributed by atoms with Crippen molar-refractivity contribution >= 4 is 17.3 Å². The van der Waals surface area contributed by atoms with Gasteiger partial charge in [0.1, 0.15) is 0 Å². The minimum Gasteiger partial charge on any atom is -0.478 e. The molecule has 0 radical (unpaired) electrons. The Morgan fingerprint density at radius 1 is 1.13 bits per heavy atom. The zero-order valence-corrected chi connectivity index (χ0v) is 13.6. The van der Waals surface area contributed by atoms with Gasteiger partial charge in [0.2, 0.25) is 0 Å². The number of nitrogens with zero attached hydrogens (tertiary/aromatic N) is 2. The summed E-state index contributed by atoms with van der Waals surface area (Å²) in [5.74, 6) is -1.05. The number of nitrogens with two attached hydrogens (primary N) is 2. The molecule has 1 fully saturated rings. The Balaban J connectivity index is 1.85. The SMILES string of the molecule is COCCN1CCN(CCc2ccc(C(=O)O)c(N)c2N)CC1. The lowest BCUT2D eigenvalue weighted by atomic mass is 10.0. The summed E-state index contributed by atoms with van der Waals surface area (Å²) >= 11 is 0. The highest BCUT2D eigenvalue weighted by Gasteiger charge is 2.18. The van der Waals surface area contributed by atoms with Gasteiger partial charge in [0.15, 0.2) is 0 Å². The molecule has 0 aliphatic carbocycles. The smallest absolute Gasteiger partial charge is 0.337 e. The Hall–Kier alpha value is -1.83. The average Bonchev–Trinajstić information content (AvgIpc) is 2.55. The summed E-state index contributed by atoms with van der Waals surface area (Å²) < 4.78 is 5.10. The van der Waals surface area contributed by atoms with Crippen molar-refractivity contribution in [1.29, 1.82) is 0 Å². The lowest BCUT2D eigenvalue weighted by Crippen LogP contribution is -2.47. The molecule has 7 nitrogen and oxygen atoms in total. The molecule has 23 heavy (non-hydrogen) atoms. The van der Waals surface area contributed by atoms with Crippen LogP contribution in [0.25, 0.3) is 0 Å². The quantitative estimate of drug-likeness (QED) is 0.622. The van der Waals surface area contributed by atoms with Crippen LogP contribution in [0.1, 0.15) is 15.9 Å². The molecule has 1 aliphatic rings. The number of hydrogen-bond acceptors (Lipinski definition) is 6. The number of ether oxygens (including phenoxy) is 1. The van der Waals surface area contributed by atoms with Gasteiger partial charge in [-0.2, -0.15) is 0 Å². The van der Waals surface area contributed by atoms with Gasteiger partial charge in [-0.3, -0.25) is 4.90 Å².